The zero-order chi connectivity index (χ0) is 14.2. The standard InChI is InChI=1S/C11H16N2O6/c1-2-5-3-13(11(18)12-9(5)17)10-8(16)7(15)6(4-14)19-10/h2,5-8,10,14-16H,1,3-4H2,(H,12,17,18)/t5?,6-,7-,8-,10-/m1/s1. The minimum absolute atomic E-state index is 0.000756. The molecule has 0 aromatic heterocycles. The molecular formula is C11H16N2O6. The first-order valence-electron chi connectivity index (χ1n) is 5.86. The lowest BCUT2D eigenvalue weighted by atomic mass is 10.1. The monoisotopic (exact) mass is 272 g/mol. The molecule has 2 rings (SSSR count). The first-order valence-corrected chi connectivity index (χ1v) is 5.86. The quantitative estimate of drug-likeness (QED) is 0.432. The third kappa shape index (κ3) is 2.35. The predicted octanol–water partition coefficient (Wildman–Crippen LogP) is -2.22. The van der Waals surface area contributed by atoms with Gasteiger partial charge in [0, 0.05) is 6.54 Å². The number of rotatable bonds is 3. The van der Waals surface area contributed by atoms with E-state index in [1.165, 1.54) is 6.08 Å². The molecule has 0 spiro atoms. The van der Waals surface area contributed by atoms with Crippen LogP contribution in [0.5, 0.6) is 0 Å². The highest BCUT2D eigenvalue weighted by Crippen LogP contribution is 2.26. The number of carbonyl (C=O) groups is 2. The molecule has 0 saturated carbocycles. The number of imide groups is 1. The lowest BCUT2D eigenvalue weighted by Crippen LogP contribution is -2.59. The minimum Gasteiger partial charge on any atom is -0.394 e. The van der Waals surface area contributed by atoms with Crippen molar-refractivity contribution in [3.8, 4) is 0 Å². The maximum absolute atomic E-state index is 11.7. The Morgan fingerprint density at radius 1 is 1.42 bits per heavy atom. The zero-order valence-corrected chi connectivity index (χ0v) is 10.1. The third-order valence-corrected chi connectivity index (χ3v) is 3.33. The van der Waals surface area contributed by atoms with Crippen LogP contribution >= 0.6 is 0 Å². The van der Waals surface area contributed by atoms with Crippen LogP contribution < -0.4 is 5.32 Å². The van der Waals surface area contributed by atoms with Crippen molar-refractivity contribution < 1.29 is 29.6 Å². The summed E-state index contributed by atoms with van der Waals surface area (Å²) in [6, 6.07) is -0.710. The van der Waals surface area contributed by atoms with Crippen LogP contribution in [0.25, 0.3) is 0 Å². The number of aliphatic hydroxyl groups is 3. The van der Waals surface area contributed by atoms with Crippen LogP contribution in [0.2, 0.25) is 0 Å². The Hall–Kier alpha value is -1.48. The molecule has 4 N–H and O–H groups in total. The van der Waals surface area contributed by atoms with Crippen molar-refractivity contribution in [2.75, 3.05) is 13.2 Å². The number of hydrogen-bond donors (Lipinski definition) is 4. The van der Waals surface area contributed by atoms with E-state index in [-0.39, 0.29) is 6.54 Å². The third-order valence-electron chi connectivity index (χ3n) is 3.33. The summed E-state index contributed by atoms with van der Waals surface area (Å²) >= 11 is 0. The van der Waals surface area contributed by atoms with Crippen molar-refractivity contribution in [3.63, 3.8) is 0 Å². The predicted molar refractivity (Wildman–Crippen MR) is 61.7 cm³/mol. The molecule has 8 heteroatoms. The minimum atomic E-state index is -1.35. The van der Waals surface area contributed by atoms with E-state index in [0.29, 0.717) is 0 Å². The summed E-state index contributed by atoms with van der Waals surface area (Å²) < 4.78 is 5.24. The fourth-order valence-corrected chi connectivity index (χ4v) is 2.19. The summed E-state index contributed by atoms with van der Waals surface area (Å²) in [7, 11) is 0. The van der Waals surface area contributed by atoms with Crippen molar-refractivity contribution >= 4 is 11.9 Å². The Labute approximate surface area is 109 Å². The molecule has 0 aliphatic carbocycles. The zero-order valence-electron chi connectivity index (χ0n) is 10.1. The van der Waals surface area contributed by atoms with Gasteiger partial charge < -0.3 is 20.1 Å². The molecule has 106 valence electrons. The number of carbonyl (C=O) groups excluding carboxylic acids is 2. The van der Waals surface area contributed by atoms with Crippen molar-refractivity contribution in [2.45, 2.75) is 24.5 Å². The van der Waals surface area contributed by atoms with E-state index in [0.717, 1.165) is 4.90 Å². The lowest BCUT2D eigenvalue weighted by Gasteiger charge is -2.35. The van der Waals surface area contributed by atoms with Crippen LogP contribution in [0.1, 0.15) is 0 Å². The number of aliphatic hydroxyl groups excluding tert-OH is 3. The fraction of sp³-hybridized carbons (Fsp3) is 0.636. The van der Waals surface area contributed by atoms with Gasteiger partial charge in [-0.05, 0) is 0 Å². The Morgan fingerprint density at radius 3 is 2.63 bits per heavy atom. The van der Waals surface area contributed by atoms with E-state index in [1.54, 1.807) is 0 Å². The molecule has 0 radical (unpaired) electrons. The van der Waals surface area contributed by atoms with Crippen molar-refractivity contribution in [2.24, 2.45) is 5.92 Å². The Bertz CT molecular complexity index is 401. The number of urea groups is 1. The summed E-state index contributed by atoms with van der Waals surface area (Å²) in [6.45, 7) is 3.02. The van der Waals surface area contributed by atoms with Gasteiger partial charge in [0.15, 0.2) is 6.23 Å². The molecule has 1 unspecified atom stereocenters. The fourth-order valence-electron chi connectivity index (χ4n) is 2.19. The molecule has 2 fully saturated rings. The molecule has 3 amide bonds. The van der Waals surface area contributed by atoms with Crippen LogP contribution in [0.4, 0.5) is 4.79 Å². The van der Waals surface area contributed by atoms with Crippen LogP contribution in [0, 0.1) is 5.92 Å². The summed E-state index contributed by atoms with van der Waals surface area (Å²) in [4.78, 5) is 24.3. The molecule has 19 heavy (non-hydrogen) atoms. The Balaban J connectivity index is 2.15. The highest BCUT2D eigenvalue weighted by atomic mass is 16.6. The van der Waals surface area contributed by atoms with E-state index in [4.69, 9.17) is 9.84 Å². The highest BCUT2D eigenvalue weighted by Gasteiger charge is 2.48. The Morgan fingerprint density at radius 2 is 2.11 bits per heavy atom. The van der Waals surface area contributed by atoms with Crippen LogP contribution in [-0.2, 0) is 9.53 Å². The number of ether oxygens (including phenoxy) is 1. The molecule has 2 aliphatic heterocycles. The molecule has 0 aromatic carbocycles. The summed E-state index contributed by atoms with van der Waals surface area (Å²) in [5.41, 5.74) is 0. The molecule has 0 bridgehead atoms. The van der Waals surface area contributed by atoms with Crippen LogP contribution in [-0.4, -0.2) is 69.8 Å². The molecule has 2 aliphatic rings. The van der Waals surface area contributed by atoms with Gasteiger partial charge in [0.05, 0.1) is 12.5 Å². The molecule has 0 aromatic rings. The van der Waals surface area contributed by atoms with E-state index in [9.17, 15) is 19.8 Å². The number of nitrogens with zero attached hydrogens (tertiary/aromatic N) is 1. The number of nitrogens with one attached hydrogen (secondary N) is 1. The van der Waals surface area contributed by atoms with Gasteiger partial charge in [-0.2, -0.15) is 0 Å². The van der Waals surface area contributed by atoms with E-state index >= 15 is 0 Å². The average Bonchev–Trinajstić information content (AvgIpc) is 2.67. The van der Waals surface area contributed by atoms with Gasteiger partial charge >= 0.3 is 6.03 Å². The van der Waals surface area contributed by atoms with Crippen molar-refractivity contribution in [3.05, 3.63) is 12.7 Å². The maximum Gasteiger partial charge on any atom is 0.326 e. The summed E-state index contributed by atoms with van der Waals surface area (Å²) in [5.74, 6) is -1.08. The molecular weight excluding hydrogens is 256 g/mol. The molecule has 5 atom stereocenters. The maximum atomic E-state index is 11.7. The number of hydrogen-bond acceptors (Lipinski definition) is 6. The van der Waals surface area contributed by atoms with Gasteiger partial charge in [-0.15, -0.1) is 6.58 Å². The summed E-state index contributed by atoms with van der Waals surface area (Å²) in [5, 5.41) is 30.6. The van der Waals surface area contributed by atoms with E-state index < -0.39 is 49.0 Å². The SMILES string of the molecule is C=CC1CN([C@@H]2O[C@H](CO)[C@@H](O)[C@H]2O)C(=O)NC1=O. The normalized spacial score (nSPS) is 39.3. The summed E-state index contributed by atoms with van der Waals surface area (Å²) in [6.07, 6.45) is -3.32. The lowest BCUT2D eigenvalue weighted by molar-refractivity contribution is -0.129. The van der Waals surface area contributed by atoms with Gasteiger partial charge in [-0.3, -0.25) is 15.0 Å². The molecule has 2 heterocycles. The first kappa shape index (κ1) is 13.9. The largest absolute Gasteiger partial charge is 0.394 e. The van der Waals surface area contributed by atoms with Gasteiger partial charge in [-0.1, -0.05) is 6.08 Å². The number of amides is 3. The van der Waals surface area contributed by atoms with Crippen LogP contribution in [0.15, 0.2) is 12.7 Å². The van der Waals surface area contributed by atoms with E-state index in [1.807, 2.05) is 0 Å². The van der Waals surface area contributed by atoms with E-state index in [2.05, 4.69) is 11.9 Å². The highest BCUT2D eigenvalue weighted by molar-refractivity contribution is 5.98. The molecule has 2 saturated heterocycles. The second-order valence-electron chi connectivity index (χ2n) is 4.52. The Kier molecular flexibility index (Phi) is 3.85. The topological polar surface area (TPSA) is 119 Å². The van der Waals surface area contributed by atoms with Gasteiger partial charge in [-0.25, -0.2) is 4.79 Å². The van der Waals surface area contributed by atoms with Crippen molar-refractivity contribution in [1.82, 2.24) is 10.2 Å². The van der Waals surface area contributed by atoms with Gasteiger partial charge in [0.25, 0.3) is 0 Å². The van der Waals surface area contributed by atoms with Gasteiger partial charge in [0.1, 0.15) is 18.3 Å². The van der Waals surface area contributed by atoms with Crippen LogP contribution in [0.3, 0.4) is 0 Å². The first-order chi connectivity index (χ1) is 8.99. The second kappa shape index (κ2) is 5.25. The average molecular weight is 272 g/mol. The molecule has 8 nitrogen and oxygen atoms in total. The van der Waals surface area contributed by atoms with Crippen molar-refractivity contribution in [1.29, 1.82) is 0 Å². The smallest absolute Gasteiger partial charge is 0.326 e. The second-order valence-corrected chi connectivity index (χ2v) is 4.52. The van der Waals surface area contributed by atoms with Gasteiger partial charge in [0.2, 0.25) is 5.91 Å².